The topological polar surface area (TPSA) is 60.9 Å². The minimum Gasteiger partial charge on any atom is -0.389 e. The van der Waals surface area contributed by atoms with E-state index in [1.54, 1.807) is 0 Å². The van der Waals surface area contributed by atoms with Crippen LogP contribution in [0.25, 0.3) is 0 Å². The van der Waals surface area contributed by atoms with Crippen LogP contribution < -0.4 is 5.32 Å². The third-order valence-electron chi connectivity index (χ3n) is 4.84. The summed E-state index contributed by atoms with van der Waals surface area (Å²) in [5.41, 5.74) is 2.11. The van der Waals surface area contributed by atoms with Crippen molar-refractivity contribution in [1.82, 2.24) is 15.5 Å². The van der Waals surface area contributed by atoms with Crippen LogP contribution in [-0.2, 0) is 6.54 Å². The van der Waals surface area contributed by atoms with Crippen molar-refractivity contribution in [3.63, 3.8) is 0 Å². The Kier molecular flexibility index (Phi) is 4.55. The SMILES string of the molecule is Cc1[nH]ncc1CNCC1(O)CCC(C(C)(C)C)CC1. The number of hydrogen-bond donors (Lipinski definition) is 3. The molecule has 20 heavy (non-hydrogen) atoms. The molecule has 1 fully saturated rings. The third-order valence-corrected chi connectivity index (χ3v) is 4.84. The number of H-pyrrole nitrogens is 1. The quantitative estimate of drug-likeness (QED) is 0.794. The summed E-state index contributed by atoms with van der Waals surface area (Å²) in [6, 6.07) is 0. The van der Waals surface area contributed by atoms with Gasteiger partial charge in [-0.1, -0.05) is 20.8 Å². The Hall–Kier alpha value is -0.870. The van der Waals surface area contributed by atoms with Crippen molar-refractivity contribution in [3.8, 4) is 0 Å². The van der Waals surface area contributed by atoms with E-state index in [0.29, 0.717) is 12.0 Å². The maximum absolute atomic E-state index is 10.7. The monoisotopic (exact) mass is 279 g/mol. The molecule has 0 amide bonds. The Labute approximate surface area is 122 Å². The first kappa shape index (κ1) is 15.5. The van der Waals surface area contributed by atoms with E-state index >= 15 is 0 Å². The van der Waals surface area contributed by atoms with Gasteiger partial charge in [-0.25, -0.2) is 0 Å². The maximum Gasteiger partial charge on any atom is 0.0771 e. The summed E-state index contributed by atoms with van der Waals surface area (Å²) in [6.07, 6.45) is 5.93. The number of rotatable bonds is 4. The summed E-state index contributed by atoms with van der Waals surface area (Å²) in [5.74, 6) is 0.735. The number of hydrogen-bond acceptors (Lipinski definition) is 3. The van der Waals surface area contributed by atoms with Crippen LogP contribution >= 0.6 is 0 Å². The van der Waals surface area contributed by atoms with Crippen molar-refractivity contribution in [2.45, 2.75) is 65.5 Å². The largest absolute Gasteiger partial charge is 0.389 e. The summed E-state index contributed by atoms with van der Waals surface area (Å²) in [4.78, 5) is 0. The molecule has 1 aliphatic carbocycles. The predicted octanol–water partition coefficient (Wildman–Crippen LogP) is 2.78. The molecule has 1 aromatic rings. The number of aryl methyl sites for hydroxylation is 1. The fourth-order valence-corrected chi connectivity index (χ4v) is 3.18. The second kappa shape index (κ2) is 5.86. The first-order valence-corrected chi connectivity index (χ1v) is 7.72. The molecule has 1 aliphatic rings. The van der Waals surface area contributed by atoms with Gasteiger partial charge in [0.15, 0.2) is 0 Å². The Morgan fingerprint density at radius 1 is 1.40 bits per heavy atom. The second-order valence-corrected chi connectivity index (χ2v) is 7.49. The standard InChI is InChI=1S/C16H29N3O/c1-12-13(10-18-19-12)9-17-11-16(20)7-5-14(6-8-16)15(2,3)4/h10,14,17,20H,5-9,11H2,1-4H3,(H,18,19). The summed E-state index contributed by atoms with van der Waals surface area (Å²) in [6.45, 7) is 10.4. The van der Waals surface area contributed by atoms with Crippen LogP contribution in [0.15, 0.2) is 6.20 Å². The summed E-state index contributed by atoms with van der Waals surface area (Å²) in [5, 5.41) is 21.0. The van der Waals surface area contributed by atoms with E-state index in [2.05, 4.69) is 36.3 Å². The Morgan fingerprint density at radius 2 is 2.05 bits per heavy atom. The predicted molar refractivity (Wildman–Crippen MR) is 81.4 cm³/mol. The molecule has 4 heteroatoms. The second-order valence-electron chi connectivity index (χ2n) is 7.49. The number of aromatic nitrogens is 2. The highest BCUT2D eigenvalue weighted by Gasteiger charge is 2.36. The number of nitrogens with zero attached hydrogens (tertiary/aromatic N) is 1. The minimum atomic E-state index is -0.528. The van der Waals surface area contributed by atoms with Crippen molar-refractivity contribution in [1.29, 1.82) is 0 Å². The molecule has 0 atom stereocenters. The summed E-state index contributed by atoms with van der Waals surface area (Å²) < 4.78 is 0. The van der Waals surface area contributed by atoms with Crippen LogP contribution in [0.4, 0.5) is 0 Å². The first-order valence-electron chi connectivity index (χ1n) is 7.72. The number of aromatic amines is 1. The molecule has 0 aromatic carbocycles. The van der Waals surface area contributed by atoms with Gasteiger partial charge in [0.2, 0.25) is 0 Å². The van der Waals surface area contributed by atoms with Crippen LogP contribution in [0, 0.1) is 18.3 Å². The molecule has 0 aliphatic heterocycles. The molecule has 2 rings (SSSR count). The van der Waals surface area contributed by atoms with Crippen molar-refractivity contribution >= 4 is 0 Å². The molecule has 0 bridgehead atoms. The van der Waals surface area contributed by atoms with Gasteiger partial charge in [-0.05, 0) is 43.9 Å². The lowest BCUT2D eigenvalue weighted by atomic mass is 9.68. The fraction of sp³-hybridized carbons (Fsp3) is 0.812. The molecule has 114 valence electrons. The zero-order valence-electron chi connectivity index (χ0n) is 13.3. The third kappa shape index (κ3) is 3.83. The molecule has 1 heterocycles. The van der Waals surface area contributed by atoms with Crippen molar-refractivity contribution in [3.05, 3.63) is 17.5 Å². The summed E-state index contributed by atoms with van der Waals surface area (Å²) in [7, 11) is 0. The van der Waals surface area contributed by atoms with E-state index in [1.165, 1.54) is 5.56 Å². The molecule has 0 spiro atoms. The van der Waals surface area contributed by atoms with Crippen LogP contribution in [0.5, 0.6) is 0 Å². The Bertz CT molecular complexity index is 425. The lowest BCUT2D eigenvalue weighted by Gasteiger charge is -2.41. The smallest absolute Gasteiger partial charge is 0.0771 e. The molecule has 0 saturated heterocycles. The number of nitrogens with one attached hydrogen (secondary N) is 2. The van der Waals surface area contributed by atoms with E-state index < -0.39 is 5.60 Å². The van der Waals surface area contributed by atoms with Gasteiger partial charge in [-0.3, -0.25) is 5.10 Å². The van der Waals surface area contributed by atoms with E-state index in [4.69, 9.17) is 0 Å². The van der Waals surface area contributed by atoms with Gasteiger partial charge in [0.25, 0.3) is 0 Å². The van der Waals surface area contributed by atoms with Crippen LogP contribution in [-0.4, -0.2) is 27.4 Å². The molecule has 4 nitrogen and oxygen atoms in total. The average molecular weight is 279 g/mol. The first-order chi connectivity index (χ1) is 9.30. The Morgan fingerprint density at radius 3 is 2.55 bits per heavy atom. The summed E-state index contributed by atoms with van der Waals surface area (Å²) >= 11 is 0. The normalized spacial score (nSPS) is 27.8. The van der Waals surface area contributed by atoms with Gasteiger partial charge in [-0.15, -0.1) is 0 Å². The molecular formula is C16H29N3O. The van der Waals surface area contributed by atoms with E-state index in [9.17, 15) is 5.11 Å². The van der Waals surface area contributed by atoms with Crippen molar-refractivity contribution in [2.75, 3.05) is 6.54 Å². The highest BCUT2D eigenvalue weighted by molar-refractivity contribution is 5.13. The van der Waals surface area contributed by atoms with Gasteiger partial charge in [0.05, 0.1) is 11.8 Å². The van der Waals surface area contributed by atoms with Gasteiger partial charge in [-0.2, -0.15) is 5.10 Å². The highest BCUT2D eigenvalue weighted by Crippen LogP contribution is 2.41. The molecule has 0 radical (unpaired) electrons. The van der Waals surface area contributed by atoms with Crippen molar-refractivity contribution in [2.24, 2.45) is 11.3 Å². The van der Waals surface area contributed by atoms with Crippen LogP contribution in [0.2, 0.25) is 0 Å². The highest BCUT2D eigenvalue weighted by atomic mass is 16.3. The molecular weight excluding hydrogens is 250 g/mol. The lowest BCUT2D eigenvalue weighted by molar-refractivity contribution is -0.0239. The fourth-order valence-electron chi connectivity index (χ4n) is 3.18. The zero-order valence-corrected chi connectivity index (χ0v) is 13.3. The van der Waals surface area contributed by atoms with E-state index in [1.807, 2.05) is 13.1 Å². The van der Waals surface area contributed by atoms with Gasteiger partial charge < -0.3 is 10.4 Å². The Balaban J connectivity index is 1.78. The van der Waals surface area contributed by atoms with Gasteiger partial charge >= 0.3 is 0 Å². The zero-order chi connectivity index (χ0) is 14.8. The van der Waals surface area contributed by atoms with Gasteiger partial charge in [0, 0.05) is 24.3 Å². The lowest BCUT2D eigenvalue weighted by Crippen LogP contribution is -2.44. The van der Waals surface area contributed by atoms with Crippen LogP contribution in [0.3, 0.4) is 0 Å². The molecule has 1 aromatic heterocycles. The van der Waals surface area contributed by atoms with E-state index in [-0.39, 0.29) is 0 Å². The van der Waals surface area contributed by atoms with E-state index in [0.717, 1.165) is 43.8 Å². The van der Waals surface area contributed by atoms with Crippen molar-refractivity contribution < 1.29 is 5.11 Å². The number of aliphatic hydroxyl groups is 1. The molecule has 1 saturated carbocycles. The minimum absolute atomic E-state index is 0.364. The van der Waals surface area contributed by atoms with Crippen LogP contribution in [0.1, 0.15) is 57.7 Å². The van der Waals surface area contributed by atoms with Gasteiger partial charge in [0.1, 0.15) is 0 Å². The maximum atomic E-state index is 10.7. The molecule has 0 unspecified atom stereocenters. The molecule has 3 N–H and O–H groups in total. The average Bonchev–Trinajstić information content (AvgIpc) is 2.74.